The number of fused-ring (bicyclic) bond motifs is 2. The van der Waals surface area contributed by atoms with Crippen LogP contribution in [0.3, 0.4) is 0 Å². The molecule has 1 saturated carbocycles. The molecule has 0 spiro atoms. The molecule has 1 aromatic carbocycles. The summed E-state index contributed by atoms with van der Waals surface area (Å²) in [6, 6.07) is 8.95. The molecular weight excluding hydrogens is 579 g/mol. The van der Waals surface area contributed by atoms with E-state index in [4.69, 9.17) is 4.98 Å². The van der Waals surface area contributed by atoms with Crippen LogP contribution in [0.5, 0.6) is 0 Å². The number of hydrogen-bond acceptors (Lipinski definition) is 5. The molecule has 0 bridgehead atoms. The van der Waals surface area contributed by atoms with E-state index in [-0.39, 0.29) is 29.2 Å². The second-order valence-corrected chi connectivity index (χ2v) is 13.2. The molecule has 4 aliphatic rings. The van der Waals surface area contributed by atoms with Gasteiger partial charge in [0.2, 0.25) is 15.4 Å². The van der Waals surface area contributed by atoms with Gasteiger partial charge in [-0.1, -0.05) is 13.8 Å². The van der Waals surface area contributed by atoms with Crippen molar-refractivity contribution in [2.45, 2.75) is 44.8 Å². The highest BCUT2D eigenvalue weighted by Gasteiger charge is 2.41. The van der Waals surface area contributed by atoms with E-state index in [9.17, 15) is 8.42 Å². The van der Waals surface area contributed by atoms with Gasteiger partial charge in [0.15, 0.2) is 0 Å². The van der Waals surface area contributed by atoms with Gasteiger partial charge in [-0.25, -0.2) is 18.0 Å². The maximum Gasteiger partial charge on any atom is 0.217 e. The van der Waals surface area contributed by atoms with Gasteiger partial charge >= 0.3 is 0 Å². The Morgan fingerprint density at radius 3 is 2.32 bits per heavy atom. The number of rotatable bonds is 4. The largest absolute Gasteiger partial charge is 1.00 e. The van der Waals surface area contributed by atoms with Gasteiger partial charge in [0.05, 0.1) is 26.0 Å². The molecule has 34 heavy (non-hydrogen) atoms. The Bertz CT molecular complexity index is 1370. The minimum atomic E-state index is -3.10. The fourth-order valence-electron chi connectivity index (χ4n) is 4.65. The maximum atomic E-state index is 12.6. The highest BCUT2D eigenvalue weighted by molar-refractivity contribution is 7.90. The Morgan fingerprint density at radius 2 is 1.74 bits per heavy atom. The Balaban J connectivity index is 0.00000274. The number of aryl methyl sites for hydroxylation is 1. The molecule has 0 aromatic heterocycles. The summed E-state index contributed by atoms with van der Waals surface area (Å²) in [4.78, 5) is 8.67. The zero-order valence-corrected chi connectivity index (χ0v) is 24.3. The molecule has 2 fully saturated rings. The van der Waals surface area contributed by atoms with Gasteiger partial charge in [-0.05, 0) is 48.9 Å². The number of aromatic nitrogens is 1. The number of nitrogens with zero attached hydrogens (tertiary/aromatic N) is 4. The van der Waals surface area contributed by atoms with Crippen molar-refractivity contribution in [3.05, 3.63) is 40.7 Å². The number of anilines is 1. The molecule has 6 nitrogen and oxygen atoms in total. The summed E-state index contributed by atoms with van der Waals surface area (Å²) < 4.78 is 30.3. The van der Waals surface area contributed by atoms with Crippen LogP contribution in [0, 0.1) is 6.92 Å². The number of halogens is 1. The molecule has 184 valence electrons. The Labute approximate surface area is 223 Å². The second-order valence-electron chi connectivity index (χ2n) is 9.88. The van der Waals surface area contributed by atoms with E-state index in [0.717, 1.165) is 37.1 Å². The first-order valence-corrected chi connectivity index (χ1v) is 14.1. The smallest absolute Gasteiger partial charge is 0.217 e. The van der Waals surface area contributed by atoms with Gasteiger partial charge in [-0.15, -0.1) is 11.3 Å². The second kappa shape index (κ2) is 9.63. The SMILES string of the molecule is Cc1cc(=[N+](C)C)cc2sc3cc(N4CCN(S(=O)(=O)C5CC5)CC4)cc(C(C)C)c3nc1-2.[I-]. The lowest BCUT2D eigenvalue weighted by Gasteiger charge is -2.36. The summed E-state index contributed by atoms with van der Waals surface area (Å²) in [6.45, 7) is 9.17. The highest BCUT2D eigenvalue weighted by Crippen LogP contribution is 2.38. The zero-order chi connectivity index (χ0) is 23.5. The zero-order valence-electron chi connectivity index (χ0n) is 20.5. The number of hydrogen-bond donors (Lipinski definition) is 0. The predicted octanol–water partition coefficient (Wildman–Crippen LogP) is 0.483. The standard InChI is InChI=1S/C25H33N4O2S2.HI/c1-16(2)21-13-19(28-8-10-29(11-9-28)33(30,31)20-6-7-20)15-23-25(21)26-24-17(3)12-18(27(4)5)14-22(24)32-23;/h12-16,20H,6-11H2,1-5H3;1H/q+1;/p-1. The molecule has 0 radical (unpaired) electrons. The van der Waals surface area contributed by atoms with Gasteiger partial charge in [0.25, 0.3) is 0 Å². The minimum absolute atomic E-state index is 0. The number of sulfonamides is 1. The third-order valence-electron chi connectivity index (χ3n) is 6.83. The monoisotopic (exact) mass is 612 g/mol. The van der Waals surface area contributed by atoms with Gasteiger partial charge < -0.3 is 28.9 Å². The average Bonchev–Trinajstić information content (AvgIpc) is 3.63. The van der Waals surface area contributed by atoms with Crippen molar-refractivity contribution in [1.82, 2.24) is 13.9 Å². The lowest BCUT2D eigenvalue weighted by atomic mass is 10.0. The molecule has 1 aromatic rings. The summed E-state index contributed by atoms with van der Waals surface area (Å²) in [6.07, 6.45) is 1.64. The maximum absolute atomic E-state index is 12.6. The van der Waals surface area contributed by atoms with Gasteiger partial charge in [-0.3, -0.25) is 0 Å². The summed E-state index contributed by atoms with van der Waals surface area (Å²) in [5, 5.41) is 1.06. The van der Waals surface area contributed by atoms with E-state index in [2.05, 4.69) is 68.6 Å². The third kappa shape index (κ3) is 4.73. The van der Waals surface area contributed by atoms with Crippen LogP contribution in [0.4, 0.5) is 5.69 Å². The van der Waals surface area contributed by atoms with Crippen LogP contribution in [0.15, 0.2) is 24.3 Å². The fourth-order valence-corrected chi connectivity index (χ4v) is 7.64. The first kappa shape index (κ1) is 25.8. The van der Waals surface area contributed by atoms with E-state index >= 15 is 0 Å². The molecule has 5 rings (SSSR count). The summed E-state index contributed by atoms with van der Waals surface area (Å²) in [5.41, 5.74) is 5.78. The van der Waals surface area contributed by atoms with Crippen molar-refractivity contribution in [3.8, 4) is 10.6 Å². The third-order valence-corrected chi connectivity index (χ3v) is 10.3. The van der Waals surface area contributed by atoms with E-state index < -0.39 is 10.0 Å². The molecule has 0 amide bonds. The van der Waals surface area contributed by atoms with Crippen LogP contribution >= 0.6 is 11.3 Å². The van der Waals surface area contributed by atoms with E-state index in [1.54, 1.807) is 15.6 Å². The van der Waals surface area contributed by atoms with Gasteiger partial charge in [0.1, 0.15) is 14.1 Å². The van der Waals surface area contributed by atoms with Crippen LogP contribution in [0.25, 0.3) is 20.8 Å². The van der Waals surface area contributed by atoms with Crippen LogP contribution in [-0.2, 0) is 10.0 Å². The predicted molar refractivity (Wildman–Crippen MR) is 138 cm³/mol. The molecule has 1 saturated heterocycles. The lowest BCUT2D eigenvalue weighted by Crippen LogP contribution is -3.00. The lowest BCUT2D eigenvalue weighted by molar-refractivity contribution is -0.00000936. The van der Waals surface area contributed by atoms with Crippen molar-refractivity contribution >= 4 is 37.3 Å². The summed E-state index contributed by atoms with van der Waals surface area (Å²) in [7, 11) is 1.04. The van der Waals surface area contributed by atoms with Gasteiger partial charge in [-0.2, -0.15) is 4.31 Å². The first-order valence-electron chi connectivity index (χ1n) is 11.8. The molecular formula is C25H33IN4O2S2. The van der Waals surface area contributed by atoms with Crippen molar-refractivity contribution < 1.29 is 32.4 Å². The number of benzene rings is 2. The summed E-state index contributed by atoms with van der Waals surface area (Å²) >= 11 is 1.80. The van der Waals surface area contributed by atoms with Crippen molar-refractivity contribution in [2.75, 3.05) is 45.2 Å². The van der Waals surface area contributed by atoms with Crippen LogP contribution in [0.1, 0.15) is 43.7 Å². The van der Waals surface area contributed by atoms with Crippen LogP contribution in [-0.4, -0.2) is 63.2 Å². The van der Waals surface area contributed by atoms with Crippen molar-refractivity contribution in [3.63, 3.8) is 0 Å². The molecule has 0 unspecified atom stereocenters. The van der Waals surface area contributed by atoms with Crippen molar-refractivity contribution in [1.29, 1.82) is 0 Å². The highest BCUT2D eigenvalue weighted by atomic mass is 127. The van der Waals surface area contributed by atoms with E-state index in [0.29, 0.717) is 19.0 Å². The van der Waals surface area contributed by atoms with Crippen molar-refractivity contribution in [2.24, 2.45) is 0 Å². The molecule has 2 heterocycles. The molecule has 0 atom stereocenters. The van der Waals surface area contributed by atoms with E-state index in [1.165, 1.54) is 31.7 Å². The molecule has 0 N–H and O–H groups in total. The summed E-state index contributed by atoms with van der Waals surface area (Å²) in [5.74, 6) is 0.350. The Morgan fingerprint density at radius 1 is 1.06 bits per heavy atom. The van der Waals surface area contributed by atoms with Crippen LogP contribution in [0.2, 0.25) is 0 Å². The Kier molecular flexibility index (Phi) is 7.30. The Hall–Kier alpha value is -1.30. The molecule has 9 heteroatoms. The topological polar surface area (TPSA) is 56.5 Å². The number of piperazine rings is 1. The first-order chi connectivity index (χ1) is 15.6. The molecule has 2 aliphatic heterocycles. The average molecular weight is 613 g/mol. The van der Waals surface area contributed by atoms with E-state index in [1.807, 2.05) is 0 Å². The molecule has 2 aliphatic carbocycles. The quantitative estimate of drug-likeness (QED) is 0.245. The fraction of sp³-hybridized carbons (Fsp3) is 0.520. The van der Waals surface area contributed by atoms with Gasteiger partial charge in [0, 0.05) is 44.0 Å². The minimum Gasteiger partial charge on any atom is -1.00 e. The normalized spacial score (nSPS) is 17.4. The van der Waals surface area contributed by atoms with Crippen LogP contribution < -0.4 is 38.8 Å².